The highest BCUT2D eigenvalue weighted by Crippen LogP contribution is 2.36. The highest BCUT2D eigenvalue weighted by molar-refractivity contribution is 6.06. The number of tetrazole rings is 1. The number of hydrogen-bond donors (Lipinski definition) is 1. The Kier molecular flexibility index (Phi) is 4.82. The molecule has 0 spiro atoms. The third kappa shape index (κ3) is 3.84. The van der Waals surface area contributed by atoms with E-state index in [-0.39, 0.29) is 5.91 Å². The molecule has 0 unspecified atom stereocenters. The fourth-order valence-corrected chi connectivity index (χ4v) is 3.81. The molecule has 0 aliphatic heterocycles. The van der Waals surface area contributed by atoms with E-state index >= 15 is 0 Å². The van der Waals surface area contributed by atoms with Crippen LogP contribution in [0.15, 0.2) is 54.6 Å². The van der Waals surface area contributed by atoms with Crippen molar-refractivity contribution >= 4 is 11.6 Å². The van der Waals surface area contributed by atoms with Gasteiger partial charge in [-0.25, -0.2) is 4.68 Å². The number of anilines is 1. The van der Waals surface area contributed by atoms with Gasteiger partial charge in [0.05, 0.1) is 23.8 Å². The first-order chi connectivity index (χ1) is 15.1. The zero-order valence-electron chi connectivity index (χ0n) is 17.5. The largest absolute Gasteiger partial charge is 0.322 e. The van der Waals surface area contributed by atoms with Crippen molar-refractivity contribution in [2.45, 2.75) is 39.3 Å². The molecular weight excluding hydrogens is 390 g/mol. The zero-order valence-corrected chi connectivity index (χ0v) is 17.5. The van der Waals surface area contributed by atoms with Gasteiger partial charge in [0.1, 0.15) is 0 Å². The molecule has 0 atom stereocenters. The number of nitrogens with zero attached hydrogens (tertiary/aromatic N) is 6. The minimum atomic E-state index is -0.173. The topological polar surface area (TPSA) is 90.5 Å². The van der Waals surface area contributed by atoms with Gasteiger partial charge in [-0.15, -0.1) is 5.10 Å². The molecule has 1 amide bonds. The molecule has 0 bridgehead atoms. The van der Waals surface area contributed by atoms with E-state index in [9.17, 15) is 4.79 Å². The molecule has 1 N–H and O–H groups in total. The molecular formula is C23H23N7O. The molecule has 1 aliphatic rings. The van der Waals surface area contributed by atoms with Crippen molar-refractivity contribution in [1.82, 2.24) is 30.0 Å². The van der Waals surface area contributed by atoms with Crippen LogP contribution in [0.25, 0.3) is 11.4 Å². The lowest BCUT2D eigenvalue weighted by atomic mass is 10.1. The monoisotopic (exact) mass is 413 g/mol. The Labute approximate surface area is 179 Å². The SMILES string of the molecule is Cc1nn(Cc2ccccc2)c(C)c1C(=O)Nc1cccc(-c2nnnn2C2CC2)c1. The van der Waals surface area contributed by atoms with Gasteiger partial charge in [-0.3, -0.25) is 9.48 Å². The maximum Gasteiger partial charge on any atom is 0.259 e. The lowest BCUT2D eigenvalue weighted by Gasteiger charge is -2.09. The Morgan fingerprint density at radius 1 is 1.10 bits per heavy atom. The van der Waals surface area contributed by atoms with Crippen molar-refractivity contribution in [3.05, 3.63) is 77.1 Å². The highest BCUT2D eigenvalue weighted by Gasteiger charge is 2.28. The summed E-state index contributed by atoms with van der Waals surface area (Å²) in [5.74, 6) is 0.551. The fraction of sp³-hybridized carbons (Fsp3) is 0.261. The van der Waals surface area contributed by atoms with E-state index in [1.165, 1.54) is 0 Å². The Balaban J connectivity index is 1.38. The third-order valence-corrected chi connectivity index (χ3v) is 5.55. The number of benzene rings is 2. The number of rotatable bonds is 6. The van der Waals surface area contributed by atoms with Gasteiger partial charge < -0.3 is 5.32 Å². The van der Waals surface area contributed by atoms with Crippen LogP contribution in [-0.2, 0) is 6.54 Å². The molecule has 4 aromatic rings. The van der Waals surface area contributed by atoms with Crippen molar-refractivity contribution in [3.63, 3.8) is 0 Å². The number of aryl methyl sites for hydroxylation is 1. The van der Waals surface area contributed by atoms with E-state index in [4.69, 9.17) is 0 Å². The number of carbonyl (C=O) groups is 1. The highest BCUT2D eigenvalue weighted by atomic mass is 16.1. The summed E-state index contributed by atoms with van der Waals surface area (Å²) >= 11 is 0. The van der Waals surface area contributed by atoms with Gasteiger partial charge >= 0.3 is 0 Å². The Bertz CT molecular complexity index is 1240. The standard InChI is InChI=1S/C23H23N7O/c1-15-21(16(2)29(26-15)14-17-7-4-3-5-8-17)23(31)24-19-10-6-9-18(13-19)22-25-27-28-30(22)20-11-12-20/h3-10,13,20H,11-12,14H2,1-2H3,(H,24,31). The third-order valence-electron chi connectivity index (χ3n) is 5.55. The summed E-state index contributed by atoms with van der Waals surface area (Å²) in [7, 11) is 0. The minimum Gasteiger partial charge on any atom is -0.322 e. The Morgan fingerprint density at radius 3 is 2.68 bits per heavy atom. The first-order valence-electron chi connectivity index (χ1n) is 10.4. The second kappa shape index (κ2) is 7.79. The van der Waals surface area contributed by atoms with Gasteiger partial charge in [-0.05, 0) is 54.8 Å². The predicted molar refractivity (Wildman–Crippen MR) is 117 cm³/mol. The van der Waals surface area contributed by atoms with Crippen LogP contribution in [0.1, 0.15) is 46.2 Å². The molecule has 1 aliphatic carbocycles. The summed E-state index contributed by atoms with van der Waals surface area (Å²) in [4.78, 5) is 13.1. The van der Waals surface area contributed by atoms with Gasteiger partial charge in [-0.1, -0.05) is 42.5 Å². The van der Waals surface area contributed by atoms with Gasteiger partial charge in [0.2, 0.25) is 0 Å². The van der Waals surface area contributed by atoms with Crippen LogP contribution in [0.4, 0.5) is 5.69 Å². The maximum absolute atomic E-state index is 13.1. The van der Waals surface area contributed by atoms with Crippen LogP contribution >= 0.6 is 0 Å². The van der Waals surface area contributed by atoms with E-state index in [1.807, 2.05) is 65.7 Å². The van der Waals surface area contributed by atoms with Crippen LogP contribution in [0.5, 0.6) is 0 Å². The first-order valence-corrected chi connectivity index (χ1v) is 10.4. The van der Waals surface area contributed by atoms with Crippen molar-refractivity contribution in [2.75, 3.05) is 5.32 Å². The summed E-state index contributed by atoms with van der Waals surface area (Å²) in [6, 6.07) is 18.1. The average molecular weight is 413 g/mol. The molecule has 5 rings (SSSR count). The Morgan fingerprint density at radius 2 is 1.90 bits per heavy atom. The van der Waals surface area contributed by atoms with E-state index in [0.29, 0.717) is 29.5 Å². The van der Waals surface area contributed by atoms with E-state index in [0.717, 1.165) is 35.5 Å². The number of carbonyl (C=O) groups excluding carboxylic acids is 1. The van der Waals surface area contributed by atoms with Crippen molar-refractivity contribution in [2.24, 2.45) is 0 Å². The molecule has 1 fully saturated rings. The van der Waals surface area contributed by atoms with Crippen LogP contribution < -0.4 is 5.32 Å². The van der Waals surface area contributed by atoms with E-state index in [2.05, 4.69) is 38.1 Å². The number of hydrogen-bond acceptors (Lipinski definition) is 5. The Hall–Kier alpha value is -3.81. The zero-order chi connectivity index (χ0) is 21.4. The smallest absolute Gasteiger partial charge is 0.259 e. The van der Waals surface area contributed by atoms with Gasteiger partial charge in [0.15, 0.2) is 5.82 Å². The van der Waals surface area contributed by atoms with Crippen LogP contribution in [0.3, 0.4) is 0 Å². The summed E-state index contributed by atoms with van der Waals surface area (Å²) in [5.41, 5.74) is 4.86. The molecule has 2 heterocycles. The second-order valence-electron chi connectivity index (χ2n) is 7.90. The fourth-order valence-electron chi connectivity index (χ4n) is 3.81. The van der Waals surface area contributed by atoms with Crippen molar-refractivity contribution in [3.8, 4) is 11.4 Å². The average Bonchev–Trinajstić information content (AvgIpc) is 3.42. The lowest BCUT2D eigenvalue weighted by Crippen LogP contribution is -2.14. The van der Waals surface area contributed by atoms with E-state index in [1.54, 1.807) is 0 Å². The van der Waals surface area contributed by atoms with Crippen LogP contribution in [0.2, 0.25) is 0 Å². The van der Waals surface area contributed by atoms with Crippen LogP contribution in [0, 0.1) is 13.8 Å². The molecule has 156 valence electrons. The molecule has 0 radical (unpaired) electrons. The minimum absolute atomic E-state index is 0.173. The quantitative estimate of drug-likeness (QED) is 0.519. The van der Waals surface area contributed by atoms with Gasteiger partial charge in [0.25, 0.3) is 5.91 Å². The van der Waals surface area contributed by atoms with Crippen molar-refractivity contribution in [1.29, 1.82) is 0 Å². The summed E-state index contributed by atoms with van der Waals surface area (Å²) < 4.78 is 3.74. The molecule has 0 saturated heterocycles. The summed E-state index contributed by atoms with van der Waals surface area (Å²) in [5, 5.41) is 19.7. The molecule has 8 heteroatoms. The number of aromatic nitrogens is 6. The molecule has 2 aromatic carbocycles. The van der Waals surface area contributed by atoms with Gasteiger partial charge in [0, 0.05) is 16.9 Å². The molecule has 8 nitrogen and oxygen atoms in total. The summed E-state index contributed by atoms with van der Waals surface area (Å²) in [6.07, 6.45) is 2.19. The number of amides is 1. The van der Waals surface area contributed by atoms with Crippen molar-refractivity contribution < 1.29 is 4.79 Å². The first kappa shape index (κ1) is 19.2. The molecule has 2 aromatic heterocycles. The lowest BCUT2D eigenvalue weighted by molar-refractivity contribution is 0.102. The van der Waals surface area contributed by atoms with E-state index < -0.39 is 0 Å². The maximum atomic E-state index is 13.1. The summed E-state index contributed by atoms with van der Waals surface area (Å²) in [6.45, 7) is 4.42. The number of nitrogens with one attached hydrogen (secondary N) is 1. The second-order valence-corrected chi connectivity index (χ2v) is 7.90. The van der Waals surface area contributed by atoms with Gasteiger partial charge in [-0.2, -0.15) is 5.10 Å². The van der Waals surface area contributed by atoms with Crippen LogP contribution in [-0.4, -0.2) is 35.9 Å². The molecule has 31 heavy (non-hydrogen) atoms. The molecule has 1 saturated carbocycles. The normalized spacial score (nSPS) is 13.4. The predicted octanol–water partition coefficient (Wildman–Crippen LogP) is 3.79.